The fraction of sp³-hybridized carbons (Fsp3) is 0.854. The second-order valence-corrected chi connectivity index (χ2v) is 17.9. The normalized spacial score (nSPS) is 33.8. The van der Waals surface area contributed by atoms with Crippen molar-refractivity contribution in [1.29, 1.82) is 0 Å². The second-order valence-electron chi connectivity index (χ2n) is 17.9. The van der Waals surface area contributed by atoms with Crippen LogP contribution >= 0.6 is 0 Å². The molecule has 0 spiro atoms. The van der Waals surface area contributed by atoms with E-state index in [-0.39, 0.29) is 18.9 Å². The largest absolute Gasteiger partial charge is 0.394 e. The fourth-order valence-corrected chi connectivity index (χ4v) is 8.22. The topological polar surface area (TPSA) is 307 Å². The van der Waals surface area contributed by atoms with E-state index in [9.17, 15) is 61.0 Å². The molecule has 0 saturated carbocycles. The highest BCUT2D eigenvalue weighted by molar-refractivity contribution is 5.76. The number of hydrogen-bond donors (Lipinski definition) is 12. The van der Waals surface area contributed by atoms with E-state index >= 15 is 0 Å². The summed E-state index contributed by atoms with van der Waals surface area (Å²) in [6.45, 7) is 1.51. The van der Waals surface area contributed by atoms with Crippen LogP contribution in [0.2, 0.25) is 0 Å². The van der Waals surface area contributed by atoms with Gasteiger partial charge in [-0.25, -0.2) is 0 Å². The van der Waals surface area contributed by atoms with Crippen molar-refractivity contribution in [3.05, 3.63) is 36.5 Å². The van der Waals surface area contributed by atoms with Gasteiger partial charge in [0.05, 0.1) is 38.6 Å². The van der Waals surface area contributed by atoms with E-state index in [0.717, 1.165) is 83.5 Å². The number of aliphatic hydroxyl groups excluding tert-OH is 11. The summed E-state index contributed by atoms with van der Waals surface area (Å²) < 4.78 is 33.9. The average molecular weight is 964 g/mol. The van der Waals surface area contributed by atoms with Crippen LogP contribution in [0.3, 0.4) is 0 Å². The van der Waals surface area contributed by atoms with Crippen molar-refractivity contribution in [3.63, 3.8) is 0 Å². The monoisotopic (exact) mass is 964 g/mol. The van der Waals surface area contributed by atoms with E-state index in [0.29, 0.717) is 6.42 Å². The minimum Gasteiger partial charge on any atom is -0.394 e. The Kier molecular flexibility index (Phi) is 29.7. The maximum absolute atomic E-state index is 13.1. The maximum Gasteiger partial charge on any atom is 0.220 e. The summed E-state index contributed by atoms with van der Waals surface area (Å²) in [6.07, 6.45) is 3.60. The first-order chi connectivity index (χ1) is 32.3. The lowest BCUT2D eigenvalue weighted by Gasteiger charge is -2.48. The summed E-state index contributed by atoms with van der Waals surface area (Å²) in [5.41, 5.74) is 0. The Labute approximate surface area is 396 Å². The molecule has 17 unspecified atom stereocenters. The van der Waals surface area contributed by atoms with Gasteiger partial charge in [-0.2, -0.15) is 0 Å². The highest BCUT2D eigenvalue weighted by Gasteiger charge is 2.53. The first kappa shape index (κ1) is 59.3. The molecule has 1 amide bonds. The number of nitrogens with one attached hydrogen (secondary N) is 1. The van der Waals surface area contributed by atoms with Gasteiger partial charge in [0.25, 0.3) is 0 Å². The van der Waals surface area contributed by atoms with E-state index in [2.05, 4.69) is 43.5 Å². The Balaban J connectivity index is 1.50. The first-order valence-electron chi connectivity index (χ1n) is 24.7. The molecule has 0 bridgehead atoms. The second kappa shape index (κ2) is 33.6. The summed E-state index contributed by atoms with van der Waals surface area (Å²) in [7, 11) is 0. The summed E-state index contributed by atoms with van der Waals surface area (Å²) in [5.74, 6) is -0.295. The summed E-state index contributed by atoms with van der Waals surface area (Å²) in [6, 6.07) is -0.971. The molecular formula is C48H85NO18. The van der Waals surface area contributed by atoms with E-state index in [1.807, 2.05) is 6.08 Å². The minimum absolute atomic E-state index is 0.232. The number of ether oxygens (including phenoxy) is 6. The van der Waals surface area contributed by atoms with Gasteiger partial charge in [0.1, 0.15) is 73.2 Å². The Morgan fingerprint density at radius 3 is 1.52 bits per heavy atom. The minimum atomic E-state index is -1.98. The molecule has 3 rings (SSSR count). The molecular weight excluding hydrogens is 879 g/mol. The van der Waals surface area contributed by atoms with Crippen LogP contribution in [0.1, 0.15) is 129 Å². The first-order valence-corrected chi connectivity index (χ1v) is 24.7. The van der Waals surface area contributed by atoms with Gasteiger partial charge in [-0.05, 0) is 51.4 Å². The molecule has 3 heterocycles. The molecule has 0 radical (unpaired) electrons. The number of aliphatic hydroxyl groups is 11. The Morgan fingerprint density at radius 2 is 0.985 bits per heavy atom. The predicted octanol–water partition coefficient (Wildman–Crippen LogP) is 1.03. The molecule has 390 valence electrons. The molecule has 12 N–H and O–H groups in total. The van der Waals surface area contributed by atoms with Crippen LogP contribution in [-0.4, -0.2) is 193 Å². The van der Waals surface area contributed by atoms with E-state index in [4.69, 9.17) is 28.4 Å². The molecule has 67 heavy (non-hydrogen) atoms. The van der Waals surface area contributed by atoms with Gasteiger partial charge in [0.15, 0.2) is 18.9 Å². The number of unbranched alkanes of at least 4 members (excludes halogenated alkanes) is 13. The summed E-state index contributed by atoms with van der Waals surface area (Å²) in [4.78, 5) is 13.1. The van der Waals surface area contributed by atoms with Crippen LogP contribution in [0.15, 0.2) is 36.5 Å². The molecule has 19 heteroatoms. The Bertz CT molecular complexity index is 1390. The molecule has 3 aliphatic rings. The van der Waals surface area contributed by atoms with Gasteiger partial charge in [0, 0.05) is 6.42 Å². The van der Waals surface area contributed by atoms with Crippen LogP contribution in [-0.2, 0) is 33.2 Å². The highest BCUT2D eigenvalue weighted by Crippen LogP contribution is 2.33. The standard InChI is InChI=1S/C48H85NO18/c1-3-5-7-9-10-11-12-13-14-15-16-17-18-19-20-22-24-26-36(54)49-31(32(53)25-23-21-8-6-4-2)30-62-46-42(60)39(57)44(34(28-51)64-46)67-48-43(61)40(58)45(35(29-52)65-48)66-47-41(59)38(56)37(55)33(27-50)63-47/h10-11,13-14,23,25,31-35,37-48,50-53,55-61H,3-9,12,15-22,24,26-30H2,1-2H3,(H,49,54)/b11-10-,14-13-,25-23+. The van der Waals surface area contributed by atoms with Gasteiger partial charge < -0.3 is 89.9 Å². The van der Waals surface area contributed by atoms with Crippen molar-refractivity contribution in [2.24, 2.45) is 0 Å². The summed E-state index contributed by atoms with van der Waals surface area (Å²) >= 11 is 0. The maximum atomic E-state index is 13.1. The van der Waals surface area contributed by atoms with Crippen molar-refractivity contribution < 1.29 is 89.4 Å². The van der Waals surface area contributed by atoms with Gasteiger partial charge >= 0.3 is 0 Å². The van der Waals surface area contributed by atoms with Gasteiger partial charge in [-0.1, -0.05) is 108 Å². The third-order valence-corrected chi connectivity index (χ3v) is 12.4. The van der Waals surface area contributed by atoms with Crippen LogP contribution in [0, 0.1) is 0 Å². The zero-order valence-corrected chi connectivity index (χ0v) is 39.6. The zero-order valence-electron chi connectivity index (χ0n) is 39.6. The van der Waals surface area contributed by atoms with Crippen molar-refractivity contribution in [1.82, 2.24) is 5.32 Å². The van der Waals surface area contributed by atoms with Crippen molar-refractivity contribution in [3.8, 4) is 0 Å². The van der Waals surface area contributed by atoms with E-state index in [1.54, 1.807) is 6.08 Å². The van der Waals surface area contributed by atoms with Crippen molar-refractivity contribution >= 4 is 5.91 Å². The zero-order chi connectivity index (χ0) is 49.1. The molecule has 3 aliphatic heterocycles. The molecule has 0 aliphatic carbocycles. The van der Waals surface area contributed by atoms with Crippen molar-refractivity contribution in [2.45, 2.75) is 234 Å². The van der Waals surface area contributed by atoms with Crippen molar-refractivity contribution in [2.75, 3.05) is 26.4 Å². The van der Waals surface area contributed by atoms with Crippen LogP contribution < -0.4 is 5.32 Å². The number of amides is 1. The number of carbonyl (C=O) groups is 1. The lowest BCUT2D eigenvalue weighted by molar-refractivity contribution is -0.379. The molecule has 0 aromatic carbocycles. The van der Waals surface area contributed by atoms with E-state index < -0.39 is 124 Å². The average Bonchev–Trinajstić information content (AvgIpc) is 3.32. The number of carbonyl (C=O) groups excluding carboxylic acids is 1. The SMILES string of the molecule is CCCCC/C=C\C/C=C\CCCCCCCCCC(=O)NC(COC1OC(CO)C(OC2OC(CO)C(OC3OC(CO)C(O)C(O)C3O)C(O)C2O)C(O)C1O)C(O)/C=C/CCCCC. The van der Waals surface area contributed by atoms with Crippen LogP contribution in [0.5, 0.6) is 0 Å². The molecule has 3 fully saturated rings. The molecule has 19 nitrogen and oxygen atoms in total. The number of allylic oxidation sites excluding steroid dienone is 5. The number of hydrogen-bond acceptors (Lipinski definition) is 18. The Morgan fingerprint density at radius 1 is 0.537 bits per heavy atom. The van der Waals surface area contributed by atoms with Crippen LogP contribution in [0.25, 0.3) is 0 Å². The third kappa shape index (κ3) is 20.0. The van der Waals surface area contributed by atoms with Gasteiger partial charge in [0.2, 0.25) is 5.91 Å². The third-order valence-electron chi connectivity index (χ3n) is 12.4. The Hall–Kier alpha value is -1.99. The van der Waals surface area contributed by atoms with Gasteiger partial charge in [-0.3, -0.25) is 4.79 Å². The molecule has 17 atom stereocenters. The predicted molar refractivity (Wildman–Crippen MR) is 245 cm³/mol. The molecule has 0 aromatic rings. The van der Waals surface area contributed by atoms with E-state index in [1.165, 1.54) is 19.3 Å². The lowest BCUT2D eigenvalue weighted by Crippen LogP contribution is -2.66. The highest BCUT2D eigenvalue weighted by atomic mass is 16.8. The quantitative estimate of drug-likeness (QED) is 0.0323. The number of rotatable bonds is 33. The fourth-order valence-electron chi connectivity index (χ4n) is 8.22. The molecule has 0 aromatic heterocycles. The van der Waals surface area contributed by atoms with Crippen LogP contribution in [0.4, 0.5) is 0 Å². The molecule has 3 saturated heterocycles. The lowest BCUT2D eigenvalue weighted by atomic mass is 9.96. The van der Waals surface area contributed by atoms with Gasteiger partial charge in [-0.15, -0.1) is 0 Å². The smallest absolute Gasteiger partial charge is 0.220 e. The summed E-state index contributed by atoms with van der Waals surface area (Å²) in [5, 5.41) is 119.